The minimum atomic E-state index is -0.752. The molecule has 1 heterocycles. The Morgan fingerprint density at radius 2 is 2.11 bits per heavy atom. The summed E-state index contributed by atoms with van der Waals surface area (Å²) in [5, 5.41) is 21.8. The smallest absolute Gasteiger partial charge is 0.229 e. The van der Waals surface area contributed by atoms with Crippen molar-refractivity contribution < 1.29 is 9.63 Å². The highest BCUT2D eigenvalue weighted by Crippen LogP contribution is 2.10. The van der Waals surface area contributed by atoms with Gasteiger partial charge in [-0.1, -0.05) is 35.0 Å². The first kappa shape index (κ1) is 13.2. The Balaban J connectivity index is 1.97. The van der Waals surface area contributed by atoms with Crippen molar-refractivity contribution in [2.45, 2.75) is 32.3 Å². The molecule has 1 N–H and O–H groups in total. The van der Waals surface area contributed by atoms with Crippen LogP contribution in [0.25, 0.3) is 0 Å². The summed E-state index contributed by atoms with van der Waals surface area (Å²) < 4.78 is 5.05. The van der Waals surface area contributed by atoms with Gasteiger partial charge in [-0.15, -0.1) is 0 Å². The number of aryl methyl sites for hydroxylation is 1. The van der Waals surface area contributed by atoms with Crippen LogP contribution in [0.4, 0.5) is 0 Å². The molecule has 19 heavy (non-hydrogen) atoms. The van der Waals surface area contributed by atoms with Gasteiger partial charge in [-0.3, -0.25) is 0 Å². The fourth-order valence-corrected chi connectivity index (χ4v) is 1.71. The largest absolute Gasteiger partial charge is 0.392 e. The van der Waals surface area contributed by atoms with Crippen LogP contribution in [0.5, 0.6) is 0 Å². The predicted molar refractivity (Wildman–Crippen MR) is 68.2 cm³/mol. The summed E-state index contributed by atoms with van der Waals surface area (Å²) in [7, 11) is 0. The van der Waals surface area contributed by atoms with E-state index >= 15 is 0 Å². The Labute approximate surface area is 111 Å². The predicted octanol–water partition coefficient (Wildman–Crippen LogP) is 1.79. The molecule has 0 saturated heterocycles. The normalized spacial score (nSPS) is 12.1. The molecule has 0 aliphatic carbocycles. The average molecular weight is 257 g/mol. The Morgan fingerprint density at radius 3 is 2.79 bits per heavy atom. The van der Waals surface area contributed by atoms with Gasteiger partial charge in [-0.25, -0.2) is 0 Å². The molecule has 0 radical (unpaired) electrons. The fraction of sp³-hybridized carbons (Fsp3) is 0.357. The van der Waals surface area contributed by atoms with Crippen LogP contribution < -0.4 is 0 Å². The zero-order valence-corrected chi connectivity index (χ0v) is 10.7. The SMILES string of the molecule is Cc1ccc(Cc2noc(CC(O)CC#N)n2)cc1. The van der Waals surface area contributed by atoms with Crippen LogP contribution in [0, 0.1) is 18.3 Å². The second-order valence-electron chi connectivity index (χ2n) is 4.49. The van der Waals surface area contributed by atoms with Crippen LogP contribution >= 0.6 is 0 Å². The third kappa shape index (κ3) is 3.90. The van der Waals surface area contributed by atoms with Gasteiger partial charge >= 0.3 is 0 Å². The molecule has 0 fully saturated rings. The van der Waals surface area contributed by atoms with Crippen molar-refractivity contribution in [3.05, 3.63) is 47.1 Å². The second-order valence-corrected chi connectivity index (χ2v) is 4.49. The van der Waals surface area contributed by atoms with Crippen molar-refractivity contribution in [2.24, 2.45) is 0 Å². The molecule has 5 heteroatoms. The first-order chi connectivity index (χ1) is 9.17. The van der Waals surface area contributed by atoms with Crippen molar-refractivity contribution in [1.82, 2.24) is 10.1 Å². The number of hydrogen-bond donors (Lipinski definition) is 1. The standard InChI is InChI=1S/C14H15N3O2/c1-10-2-4-11(5-3-10)8-13-16-14(19-17-13)9-12(18)6-7-15/h2-5,12,18H,6,8-9H2,1H3. The van der Waals surface area contributed by atoms with Gasteiger partial charge in [-0.2, -0.15) is 10.2 Å². The van der Waals surface area contributed by atoms with Crippen molar-refractivity contribution in [2.75, 3.05) is 0 Å². The number of rotatable bonds is 5. The molecule has 0 saturated carbocycles. The molecule has 5 nitrogen and oxygen atoms in total. The summed E-state index contributed by atoms with van der Waals surface area (Å²) >= 11 is 0. The van der Waals surface area contributed by atoms with E-state index in [1.54, 1.807) is 0 Å². The van der Waals surface area contributed by atoms with Crippen molar-refractivity contribution in [1.29, 1.82) is 5.26 Å². The highest BCUT2D eigenvalue weighted by molar-refractivity contribution is 5.23. The lowest BCUT2D eigenvalue weighted by atomic mass is 10.1. The van der Waals surface area contributed by atoms with Gasteiger partial charge < -0.3 is 9.63 Å². The minimum Gasteiger partial charge on any atom is -0.392 e. The Bertz CT molecular complexity index is 569. The maximum atomic E-state index is 9.48. The summed E-state index contributed by atoms with van der Waals surface area (Å²) in [4.78, 5) is 4.20. The summed E-state index contributed by atoms with van der Waals surface area (Å²) in [5.41, 5.74) is 2.31. The number of nitrogens with zero attached hydrogens (tertiary/aromatic N) is 3. The lowest BCUT2D eigenvalue weighted by molar-refractivity contribution is 0.167. The van der Waals surface area contributed by atoms with Crippen LogP contribution in [0.2, 0.25) is 0 Å². The topological polar surface area (TPSA) is 82.9 Å². The van der Waals surface area contributed by atoms with Gasteiger partial charge in [0, 0.05) is 6.42 Å². The van der Waals surface area contributed by atoms with E-state index in [1.807, 2.05) is 37.3 Å². The van der Waals surface area contributed by atoms with E-state index < -0.39 is 6.10 Å². The van der Waals surface area contributed by atoms with Gasteiger partial charge in [0.2, 0.25) is 5.89 Å². The lowest BCUT2D eigenvalue weighted by Crippen LogP contribution is -2.09. The van der Waals surface area contributed by atoms with E-state index in [0.717, 1.165) is 5.56 Å². The average Bonchev–Trinajstić information content (AvgIpc) is 2.80. The van der Waals surface area contributed by atoms with Crippen molar-refractivity contribution in [3.8, 4) is 6.07 Å². The number of aromatic nitrogens is 2. The summed E-state index contributed by atoms with van der Waals surface area (Å²) in [5.74, 6) is 0.952. The van der Waals surface area contributed by atoms with Crippen LogP contribution in [-0.4, -0.2) is 21.4 Å². The lowest BCUT2D eigenvalue weighted by Gasteiger charge is -2.00. The molecule has 1 aromatic heterocycles. The summed E-state index contributed by atoms with van der Waals surface area (Å²) in [6.45, 7) is 2.03. The first-order valence-electron chi connectivity index (χ1n) is 6.09. The highest BCUT2D eigenvalue weighted by Gasteiger charge is 2.12. The number of aliphatic hydroxyl groups excluding tert-OH is 1. The second kappa shape index (κ2) is 6.12. The van der Waals surface area contributed by atoms with E-state index in [1.165, 1.54) is 5.56 Å². The first-order valence-corrected chi connectivity index (χ1v) is 6.09. The highest BCUT2D eigenvalue weighted by atomic mass is 16.5. The van der Waals surface area contributed by atoms with E-state index in [2.05, 4.69) is 10.1 Å². The van der Waals surface area contributed by atoms with E-state index in [0.29, 0.717) is 18.1 Å². The molecule has 1 unspecified atom stereocenters. The third-order valence-electron chi connectivity index (χ3n) is 2.73. The molecule has 0 spiro atoms. The maximum absolute atomic E-state index is 9.48. The molecule has 1 atom stereocenters. The van der Waals surface area contributed by atoms with Crippen LogP contribution in [0.15, 0.2) is 28.8 Å². The van der Waals surface area contributed by atoms with E-state index in [9.17, 15) is 5.11 Å². The summed E-state index contributed by atoms with van der Waals surface area (Å²) in [6.07, 6.45) is 0.125. The maximum Gasteiger partial charge on any atom is 0.229 e. The van der Waals surface area contributed by atoms with Crippen LogP contribution in [0.1, 0.15) is 29.3 Å². The molecule has 98 valence electrons. The molecule has 0 aliphatic rings. The van der Waals surface area contributed by atoms with Gasteiger partial charge in [0.05, 0.1) is 25.0 Å². The molecule has 1 aromatic carbocycles. The van der Waals surface area contributed by atoms with E-state index in [-0.39, 0.29) is 12.8 Å². The molecule has 0 amide bonds. The fourth-order valence-electron chi connectivity index (χ4n) is 1.71. The summed E-state index contributed by atoms with van der Waals surface area (Å²) in [6, 6.07) is 10.0. The Hall–Kier alpha value is -2.19. The Morgan fingerprint density at radius 1 is 1.37 bits per heavy atom. The van der Waals surface area contributed by atoms with Gasteiger partial charge in [0.15, 0.2) is 5.82 Å². The zero-order chi connectivity index (χ0) is 13.7. The van der Waals surface area contributed by atoms with Crippen LogP contribution in [-0.2, 0) is 12.8 Å². The van der Waals surface area contributed by atoms with Gasteiger partial charge in [0.1, 0.15) is 0 Å². The number of aliphatic hydroxyl groups is 1. The molecular formula is C14H15N3O2. The monoisotopic (exact) mass is 257 g/mol. The van der Waals surface area contributed by atoms with Crippen molar-refractivity contribution >= 4 is 0 Å². The molecule has 2 aromatic rings. The number of benzene rings is 1. The third-order valence-corrected chi connectivity index (χ3v) is 2.73. The molecular weight excluding hydrogens is 242 g/mol. The Kier molecular flexibility index (Phi) is 4.26. The molecule has 0 aliphatic heterocycles. The van der Waals surface area contributed by atoms with E-state index in [4.69, 9.17) is 9.78 Å². The minimum absolute atomic E-state index is 0.0652. The van der Waals surface area contributed by atoms with Crippen LogP contribution in [0.3, 0.4) is 0 Å². The number of hydrogen-bond acceptors (Lipinski definition) is 5. The molecule has 2 rings (SSSR count). The zero-order valence-electron chi connectivity index (χ0n) is 10.7. The van der Waals surface area contributed by atoms with Crippen molar-refractivity contribution in [3.63, 3.8) is 0 Å². The quantitative estimate of drug-likeness (QED) is 0.882. The molecule has 0 bridgehead atoms. The van der Waals surface area contributed by atoms with Gasteiger partial charge in [0.25, 0.3) is 0 Å². The van der Waals surface area contributed by atoms with Gasteiger partial charge in [-0.05, 0) is 12.5 Å². The number of nitriles is 1.